The molecule has 2 aromatic carbocycles. The first-order valence-electron chi connectivity index (χ1n) is 13.0. The lowest BCUT2D eigenvalue weighted by atomic mass is 9.96. The molecule has 0 aliphatic carbocycles. The molecule has 3 aromatic rings. The van der Waals surface area contributed by atoms with E-state index in [1.807, 2.05) is 18.2 Å². The highest BCUT2D eigenvalue weighted by Crippen LogP contribution is 2.37. The van der Waals surface area contributed by atoms with Crippen LogP contribution >= 0.6 is 15.9 Å². The predicted octanol–water partition coefficient (Wildman–Crippen LogP) is 5.65. The second-order valence-electron chi connectivity index (χ2n) is 10.2. The van der Waals surface area contributed by atoms with Crippen LogP contribution in [0, 0.1) is 5.92 Å². The molecule has 1 aromatic heterocycles. The molecule has 0 radical (unpaired) electrons. The quantitative estimate of drug-likeness (QED) is 0.325. The molecule has 0 amide bonds. The lowest BCUT2D eigenvalue weighted by Crippen LogP contribution is -2.40. The number of hydrogen-bond donors (Lipinski definition) is 2. The first kappa shape index (κ1) is 28.5. The van der Waals surface area contributed by atoms with E-state index in [0.717, 1.165) is 43.7 Å². The third kappa shape index (κ3) is 6.16. The van der Waals surface area contributed by atoms with E-state index in [4.69, 9.17) is 4.74 Å². The van der Waals surface area contributed by atoms with Crippen LogP contribution in [-0.2, 0) is 9.84 Å². The first-order valence-corrected chi connectivity index (χ1v) is 15.3. The van der Waals surface area contributed by atoms with Gasteiger partial charge >= 0.3 is 5.25 Å². The van der Waals surface area contributed by atoms with Crippen molar-refractivity contribution >= 4 is 54.6 Å². The maximum absolute atomic E-state index is 13.9. The molecule has 0 spiro atoms. The fourth-order valence-electron chi connectivity index (χ4n) is 4.87. The summed E-state index contributed by atoms with van der Waals surface area (Å²) in [6.45, 7) is 5.06. The molecule has 2 aliphatic rings. The van der Waals surface area contributed by atoms with Crippen LogP contribution in [0.4, 0.5) is 37.6 Å². The summed E-state index contributed by atoms with van der Waals surface area (Å²) in [6.07, 6.45) is 3.87. The van der Waals surface area contributed by atoms with Gasteiger partial charge in [-0.1, -0.05) is 12.1 Å². The average molecular weight is 638 g/mol. The van der Waals surface area contributed by atoms with E-state index in [1.54, 1.807) is 6.07 Å². The van der Waals surface area contributed by atoms with Crippen LogP contribution in [0.3, 0.4) is 0 Å². The third-order valence-electron chi connectivity index (χ3n) is 7.14. The number of anilines is 5. The number of nitrogens with one attached hydrogen (secondary N) is 2. The number of aromatic nitrogens is 2. The number of likely N-dealkylation sites (tertiary alicyclic amines) is 1. The number of rotatable bonds is 8. The minimum Gasteiger partial charge on any atom is -0.489 e. The zero-order valence-electron chi connectivity index (χ0n) is 22.2. The van der Waals surface area contributed by atoms with Gasteiger partial charge in [-0.2, -0.15) is 13.8 Å². The Morgan fingerprint density at radius 2 is 1.88 bits per heavy atom. The number of benzene rings is 2. The molecule has 2 N–H and O–H groups in total. The highest BCUT2D eigenvalue weighted by atomic mass is 79.9. The van der Waals surface area contributed by atoms with Crippen LogP contribution in [0.1, 0.15) is 19.8 Å². The Hall–Kier alpha value is -3.03. The van der Waals surface area contributed by atoms with Crippen LogP contribution in [0.2, 0.25) is 0 Å². The molecule has 0 unspecified atom stereocenters. The Morgan fingerprint density at radius 1 is 1.12 bits per heavy atom. The highest BCUT2D eigenvalue weighted by molar-refractivity contribution is 9.10. The van der Waals surface area contributed by atoms with Crippen molar-refractivity contribution in [3.63, 3.8) is 0 Å². The average Bonchev–Trinajstić information content (AvgIpc) is 2.91. The van der Waals surface area contributed by atoms with Crippen molar-refractivity contribution in [3.05, 3.63) is 53.1 Å². The van der Waals surface area contributed by atoms with Crippen LogP contribution < -0.4 is 20.3 Å². The molecule has 1 fully saturated rings. The lowest BCUT2D eigenvalue weighted by Gasteiger charge is -2.37. The molecule has 9 nitrogen and oxygen atoms in total. The maximum Gasteiger partial charge on any atom is 0.347 e. The largest absolute Gasteiger partial charge is 0.489 e. The number of nitrogens with zero attached hydrogens (tertiary/aromatic N) is 4. The van der Waals surface area contributed by atoms with Gasteiger partial charge in [0.15, 0.2) is 0 Å². The van der Waals surface area contributed by atoms with Crippen LogP contribution in [-0.4, -0.2) is 68.4 Å². The second kappa shape index (κ2) is 11.5. The number of sulfone groups is 1. The number of halogens is 3. The van der Waals surface area contributed by atoms with E-state index in [1.165, 1.54) is 31.2 Å². The first-order chi connectivity index (χ1) is 19.0. The molecule has 40 heavy (non-hydrogen) atoms. The van der Waals surface area contributed by atoms with Gasteiger partial charge in [-0.25, -0.2) is 13.4 Å². The summed E-state index contributed by atoms with van der Waals surface area (Å²) in [7, 11) is -2.75. The molecule has 3 heterocycles. The van der Waals surface area contributed by atoms with E-state index in [0.29, 0.717) is 29.6 Å². The van der Waals surface area contributed by atoms with Gasteiger partial charge < -0.3 is 25.2 Å². The third-order valence-corrected chi connectivity index (χ3v) is 9.60. The lowest BCUT2D eigenvalue weighted by molar-refractivity contribution is 0.114. The van der Waals surface area contributed by atoms with Gasteiger partial charge in [0.25, 0.3) is 0 Å². The summed E-state index contributed by atoms with van der Waals surface area (Å²) < 4.78 is 59.1. The molecule has 0 bridgehead atoms. The molecule has 13 heteroatoms. The zero-order chi connectivity index (χ0) is 28.5. The normalized spacial score (nSPS) is 16.8. The van der Waals surface area contributed by atoms with E-state index in [-0.39, 0.29) is 17.5 Å². The van der Waals surface area contributed by atoms with E-state index in [2.05, 4.69) is 53.4 Å². The topological polar surface area (TPSA) is 99.7 Å². The van der Waals surface area contributed by atoms with Gasteiger partial charge in [0, 0.05) is 31.4 Å². The smallest absolute Gasteiger partial charge is 0.347 e. The number of alkyl halides is 2. The monoisotopic (exact) mass is 636 g/mol. The molecule has 0 atom stereocenters. The molecule has 2 aliphatic heterocycles. The fraction of sp³-hybridized carbons (Fsp3) is 0.407. The van der Waals surface area contributed by atoms with Crippen molar-refractivity contribution in [1.82, 2.24) is 14.9 Å². The number of para-hydroxylation sites is 1. The SMILES string of the molecule is CN1CCC(CN2CCOc3cc(Nc4ncc(Br)c(Nc5ccccc5S(=O)(=O)C(C)(F)F)n4)ccc32)CC1. The molecule has 0 saturated carbocycles. The summed E-state index contributed by atoms with van der Waals surface area (Å²) in [5.41, 5.74) is 1.74. The van der Waals surface area contributed by atoms with Gasteiger partial charge in [0.2, 0.25) is 15.8 Å². The van der Waals surface area contributed by atoms with Gasteiger partial charge in [-0.05, 0) is 79.1 Å². The summed E-state index contributed by atoms with van der Waals surface area (Å²) in [6, 6.07) is 11.3. The van der Waals surface area contributed by atoms with E-state index in [9.17, 15) is 17.2 Å². The van der Waals surface area contributed by atoms with Gasteiger partial charge in [-0.15, -0.1) is 0 Å². The van der Waals surface area contributed by atoms with Crippen LogP contribution in [0.5, 0.6) is 5.75 Å². The standard InChI is InChI=1S/C27H31BrF2N6O3S/c1-27(29,30)40(37,38)24-6-4-3-5-21(24)33-25-20(28)16-31-26(34-25)32-19-7-8-22-23(15-19)39-14-13-36(22)17-18-9-11-35(2)12-10-18/h3-8,15-16,18H,9-14,17H2,1-2H3,(H2,31,32,33,34). The van der Waals surface area contributed by atoms with Crippen molar-refractivity contribution in [2.24, 2.45) is 5.92 Å². The van der Waals surface area contributed by atoms with E-state index < -0.39 is 20.0 Å². The van der Waals surface area contributed by atoms with Crippen molar-refractivity contribution in [3.8, 4) is 5.75 Å². The predicted molar refractivity (Wildman–Crippen MR) is 155 cm³/mol. The number of fused-ring (bicyclic) bond motifs is 1. The van der Waals surface area contributed by atoms with Gasteiger partial charge in [0.05, 0.1) is 27.3 Å². The maximum atomic E-state index is 13.9. The molecule has 214 valence electrons. The summed E-state index contributed by atoms with van der Waals surface area (Å²) in [4.78, 5) is 13.0. The van der Waals surface area contributed by atoms with Crippen molar-refractivity contribution in [1.29, 1.82) is 0 Å². The molecule has 1 saturated heterocycles. The Labute approximate surface area is 241 Å². The Bertz CT molecular complexity index is 1480. The zero-order valence-corrected chi connectivity index (χ0v) is 24.6. The molecular weight excluding hydrogens is 606 g/mol. The number of piperidine rings is 1. The molecule has 5 rings (SSSR count). The minimum absolute atomic E-state index is 0.0266. The Morgan fingerprint density at radius 3 is 2.62 bits per heavy atom. The van der Waals surface area contributed by atoms with Crippen LogP contribution in [0.15, 0.2) is 58.0 Å². The summed E-state index contributed by atoms with van der Waals surface area (Å²) in [5.74, 6) is 1.87. The van der Waals surface area contributed by atoms with Crippen LogP contribution in [0.25, 0.3) is 0 Å². The molecular formula is C27H31BrF2N6O3S. The Kier molecular flexibility index (Phi) is 8.16. The van der Waals surface area contributed by atoms with Gasteiger partial charge in [-0.3, -0.25) is 0 Å². The fourth-order valence-corrected chi connectivity index (χ4v) is 6.21. The summed E-state index contributed by atoms with van der Waals surface area (Å²) in [5, 5.41) is 2.06. The van der Waals surface area contributed by atoms with Crippen molar-refractivity contribution in [2.75, 3.05) is 55.4 Å². The summed E-state index contributed by atoms with van der Waals surface area (Å²) >= 11 is 3.35. The highest BCUT2D eigenvalue weighted by Gasteiger charge is 2.42. The van der Waals surface area contributed by atoms with E-state index >= 15 is 0 Å². The van der Waals surface area contributed by atoms with Crippen molar-refractivity contribution in [2.45, 2.75) is 29.9 Å². The van der Waals surface area contributed by atoms with Crippen molar-refractivity contribution < 1.29 is 21.9 Å². The number of ether oxygens (including phenoxy) is 1. The second-order valence-corrected chi connectivity index (χ2v) is 13.2. The van der Waals surface area contributed by atoms with Gasteiger partial charge in [0.1, 0.15) is 18.2 Å². The number of hydrogen-bond acceptors (Lipinski definition) is 9. The Balaban J connectivity index is 1.33. The minimum atomic E-state index is -4.91.